The maximum atomic E-state index is 13.5. The zero-order valence-corrected chi connectivity index (χ0v) is 23.5. The molecule has 0 saturated carbocycles. The minimum Gasteiger partial charge on any atom is -0.354 e. The molecule has 2 aromatic carbocycles. The van der Waals surface area contributed by atoms with E-state index < -0.39 is 16.1 Å². The van der Waals surface area contributed by atoms with Crippen molar-refractivity contribution in [1.29, 1.82) is 0 Å². The van der Waals surface area contributed by atoms with Gasteiger partial charge in [0.05, 0.1) is 11.9 Å². The van der Waals surface area contributed by atoms with Crippen molar-refractivity contribution in [3.05, 3.63) is 64.2 Å². The first kappa shape index (κ1) is 29.6. The summed E-state index contributed by atoms with van der Waals surface area (Å²) in [5, 5.41) is 3.39. The largest absolute Gasteiger partial charge is 0.354 e. The fourth-order valence-corrected chi connectivity index (χ4v) is 5.33. The predicted molar refractivity (Wildman–Crippen MR) is 147 cm³/mol. The summed E-state index contributed by atoms with van der Waals surface area (Å²) in [7, 11) is -3.59. The molecule has 0 fully saturated rings. The molecule has 0 aliphatic heterocycles. The van der Waals surface area contributed by atoms with Gasteiger partial charge >= 0.3 is 0 Å². The van der Waals surface area contributed by atoms with Gasteiger partial charge in [-0.15, -0.1) is 0 Å². The Morgan fingerprint density at radius 1 is 1.08 bits per heavy atom. The van der Waals surface area contributed by atoms with E-state index in [2.05, 4.69) is 5.32 Å². The summed E-state index contributed by atoms with van der Waals surface area (Å²) in [6, 6.07) is 12.4. The van der Waals surface area contributed by atoms with Crippen molar-refractivity contribution < 1.29 is 18.0 Å². The van der Waals surface area contributed by atoms with Crippen LogP contribution < -0.4 is 9.62 Å². The van der Waals surface area contributed by atoms with Gasteiger partial charge in [-0.05, 0) is 56.4 Å². The van der Waals surface area contributed by atoms with Crippen molar-refractivity contribution in [2.75, 3.05) is 23.7 Å². The summed E-state index contributed by atoms with van der Waals surface area (Å²) < 4.78 is 26.4. The molecule has 0 saturated heterocycles. The molecule has 198 valence electrons. The first-order valence-corrected chi connectivity index (χ1v) is 14.6. The van der Waals surface area contributed by atoms with Crippen molar-refractivity contribution in [1.82, 2.24) is 10.2 Å². The average Bonchev–Trinajstić information content (AvgIpc) is 2.81. The SMILES string of the molecule is CCCNC(=O)[C@@H](CC)N(Cc1cccc(C)c1)C(=O)CCCN(c1cccc(Cl)c1C)S(C)(=O)=O. The van der Waals surface area contributed by atoms with Crippen LogP contribution in [0.2, 0.25) is 5.02 Å². The minimum atomic E-state index is -3.59. The van der Waals surface area contributed by atoms with Gasteiger partial charge in [-0.2, -0.15) is 0 Å². The number of benzene rings is 2. The molecule has 2 rings (SSSR count). The standard InChI is InChI=1S/C27H38ClN3O4S/c1-6-16-29-27(33)24(7-2)30(19-22-12-8-11-20(3)18-22)26(32)15-10-17-31(36(5,34)35)25-14-9-13-23(28)21(25)4/h8-9,11-14,18,24H,6-7,10,15-17,19H2,1-5H3,(H,29,33)/t24-/m1/s1. The maximum Gasteiger partial charge on any atom is 0.242 e. The van der Waals surface area contributed by atoms with Gasteiger partial charge in [0.25, 0.3) is 0 Å². The number of halogens is 1. The Hall–Kier alpha value is -2.58. The van der Waals surface area contributed by atoms with Crippen molar-refractivity contribution in [3.63, 3.8) is 0 Å². The van der Waals surface area contributed by atoms with Crippen LogP contribution in [0.3, 0.4) is 0 Å². The van der Waals surface area contributed by atoms with Crippen LogP contribution in [0.15, 0.2) is 42.5 Å². The Morgan fingerprint density at radius 3 is 2.39 bits per heavy atom. The zero-order chi connectivity index (χ0) is 26.9. The highest BCUT2D eigenvalue weighted by molar-refractivity contribution is 7.92. The summed E-state index contributed by atoms with van der Waals surface area (Å²) in [6.07, 6.45) is 2.83. The van der Waals surface area contributed by atoms with E-state index in [4.69, 9.17) is 11.6 Å². The van der Waals surface area contributed by atoms with Crippen LogP contribution in [0.1, 0.15) is 56.2 Å². The normalized spacial score (nSPS) is 12.2. The molecule has 2 aromatic rings. The second kappa shape index (κ2) is 13.7. The molecule has 2 amide bonds. The monoisotopic (exact) mass is 535 g/mol. The highest BCUT2D eigenvalue weighted by Gasteiger charge is 2.29. The third-order valence-electron chi connectivity index (χ3n) is 6.03. The number of nitrogens with zero attached hydrogens (tertiary/aromatic N) is 2. The summed E-state index contributed by atoms with van der Waals surface area (Å²) in [5.74, 6) is -0.362. The Balaban J connectivity index is 2.24. The number of hydrogen-bond acceptors (Lipinski definition) is 4. The third-order valence-corrected chi connectivity index (χ3v) is 7.62. The maximum absolute atomic E-state index is 13.5. The van der Waals surface area contributed by atoms with Gasteiger partial charge in [-0.3, -0.25) is 13.9 Å². The van der Waals surface area contributed by atoms with Gasteiger partial charge < -0.3 is 10.2 Å². The van der Waals surface area contributed by atoms with E-state index in [0.717, 1.165) is 23.8 Å². The quantitative estimate of drug-likeness (QED) is 0.398. The van der Waals surface area contributed by atoms with E-state index in [1.54, 1.807) is 30.0 Å². The highest BCUT2D eigenvalue weighted by Crippen LogP contribution is 2.28. The fraction of sp³-hybridized carbons (Fsp3) is 0.481. The molecule has 36 heavy (non-hydrogen) atoms. The molecule has 0 bridgehead atoms. The van der Waals surface area contributed by atoms with Gasteiger partial charge in [0.15, 0.2) is 0 Å². The zero-order valence-electron chi connectivity index (χ0n) is 21.9. The van der Waals surface area contributed by atoms with E-state index in [1.165, 1.54) is 4.31 Å². The van der Waals surface area contributed by atoms with Gasteiger partial charge in [-0.25, -0.2) is 8.42 Å². The summed E-state index contributed by atoms with van der Waals surface area (Å²) in [4.78, 5) is 28.0. The molecule has 0 aliphatic rings. The van der Waals surface area contributed by atoms with Crippen molar-refractivity contribution in [2.24, 2.45) is 0 Å². The number of carbonyl (C=O) groups is 2. The lowest BCUT2D eigenvalue weighted by atomic mass is 10.1. The average molecular weight is 536 g/mol. The van der Waals surface area contributed by atoms with E-state index in [0.29, 0.717) is 42.2 Å². The summed E-state index contributed by atoms with van der Waals surface area (Å²) in [6.45, 7) is 8.60. The molecule has 0 aromatic heterocycles. The van der Waals surface area contributed by atoms with Gasteiger partial charge in [-0.1, -0.05) is 61.3 Å². The van der Waals surface area contributed by atoms with Crippen LogP contribution in [0.5, 0.6) is 0 Å². The number of amides is 2. The molecule has 0 radical (unpaired) electrons. The fourth-order valence-electron chi connectivity index (χ4n) is 4.14. The summed E-state index contributed by atoms with van der Waals surface area (Å²) >= 11 is 6.22. The number of nitrogens with one attached hydrogen (secondary N) is 1. The molecule has 0 heterocycles. The molecule has 0 unspecified atom stereocenters. The molecule has 7 nitrogen and oxygen atoms in total. The van der Waals surface area contributed by atoms with Crippen LogP contribution >= 0.6 is 11.6 Å². The first-order valence-electron chi connectivity index (χ1n) is 12.3. The van der Waals surface area contributed by atoms with Crippen LogP contribution in [0.25, 0.3) is 0 Å². The number of hydrogen-bond donors (Lipinski definition) is 1. The van der Waals surface area contributed by atoms with Gasteiger partial charge in [0, 0.05) is 31.1 Å². The molecule has 1 atom stereocenters. The topological polar surface area (TPSA) is 86.8 Å². The van der Waals surface area contributed by atoms with Crippen molar-refractivity contribution in [2.45, 2.75) is 66.0 Å². The smallest absolute Gasteiger partial charge is 0.242 e. The van der Waals surface area contributed by atoms with Crippen LogP contribution in [0.4, 0.5) is 5.69 Å². The lowest BCUT2D eigenvalue weighted by Crippen LogP contribution is -2.49. The van der Waals surface area contributed by atoms with Crippen LogP contribution in [-0.2, 0) is 26.2 Å². The van der Waals surface area contributed by atoms with E-state index in [1.807, 2.05) is 45.0 Å². The number of rotatable bonds is 13. The first-order chi connectivity index (χ1) is 17.0. The molecule has 0 aliphatic carbocycles. The lowest BCUT2D eigenvalue weighted by Gasteiger charge is -2.31. The minimum absolute atomic E-state index is 0.106. The second-order valence-corrected chi connectivity index (χ2v) is 11.4. The van der Waals surface area contributed by atoms with Crippen LogP contribution in [-0.4, -0.2) is 50.5 Å². The Labute approximate surface area is 220 Å². The number of sulfonamides is 1. The van der Waals surface area contributed by atoms with Gasteiger partial charge in [0.1, 0.15) is 6.04 Å². The predicted octanol–water partition coefficient (Wildman–Crippen LogP) is 4.84. The number of anilines is 1. The molecule has 9 heteroatoms. The van der Waals surface area contributed by atoms with E-state index in [9.17, 15) is 18.0 Å². The van der Waals surface area contributed by atoms with Gasteiger partial charge in [0.2, 0.25) is 21.8 Å². The summed E-state index contributed by atoms with van der Waals surface area (Å²) in [5.41, 5.74) is 3.18. The van der Waals surface area contributed by atoms with Crippen molar-refractivity contribution in [3.8, 4) is 0 Å². The Kier molecular flexibility index (Phi) is 11.2. The molecule has 1 N–H and O–H groups in total. The van der Waals surface area contributed by atoms with E-state index >= 15 is 0 Å². The Bertz CT molecular complexity index is 1150. The number of aryl methyl sites for hydroxylation is 1. The molecule has 0 spiro atoms. The lowest BCUT2D eigenvalue weighted by molar-refractivity contribution is -0.141. The number of carbonyl (C=O) groups excluding carboxylic acids is 2. The van der Waals surface area contributed by atoms with Crippen molar-refractivity contribution >= 4 is 39.1 Å². The highest BCUT2D eigenvalue weighted by atomic mass is 35.5. The van der Waals surface area contributed by atoms with E-state index in [-0.39, 0.29) is 24.8 Å². The third kappa shape index (κ3) is 8.23. The Morgan fingerprint density at radius 2 is 1.78 bits per heavy atom. The van der Waals surface area contributed by atoms with Crippen LogP contribution in [0, 0.1) is 13.8 Å². The molecular formula is C27H38ClN3O4S. The second-order valence-electron chi connectivity index (χ2n) is 9.05. The molecular weight excluding hydrogens is 498 g/mol.